The van der Waals surface area contributed by atoms with Crippen molar-refractivity contribution in [3.63, 3.8) is 0 Å². The van der Waals surface area contributed by atoms with Crippen LogP contribution >= 0.6 is 11.6 Å². The molecule has 0 spiro atoms. The maximum atomic E-state index is 5.04. The highest BCUT2D eigenvalue weighted by Crippen LogP contribution is 1.60. The van der Waals surface area contributed by atoms with Gasteiger partial charge in [-0.3, -0.25) is 0 Å². The van der Waals surface area contributed by atoms with E-state index in [1.165, 1.54) is 0 Å². The Morgan fingerprint density at radius 2 is 0.867 bits per heavy atom. The Labute approximate surface area is 94.8 Å². The molecule has 0 rings (SSSR count). The van der Waals surface area contributed by atoms with Gasteiger partial charge in [0.25, 0.3) is 0 Å². The molecular formula is C14HCl. The lowest BCUT2D eigenvalue weighted by Crippen LogP contribution is -1.54. The molecule has 0 fully saturated rings. The number of rotatable bonds is 0. The van der Waals surface area contributed by atoms with Crippen LogP contribution in [0.1, 0.15) is 0 Å². The van der Waals surface area contributed by atoms with Crippen molar-refractivity contribution in [2.75, 3.05) is 0 Å². The van der Waals surface area contributed by atoms with Crippen LogP contribution in [0, 0.1) is 82.8 Å². The molecule has 0 aliphatic carbocycles. The minimum Gasteiger partial charge on any atom is -0.106 e. The Morgan fingerprint density at radius 3 is 1.20 bits per heavy atom. The SMILES string of the molecule is C#CC#CC#CC#CC#CC#CC#CCl. The Balaban J connectivity index is 4.21. The predicted molar refractivity (Wildman–Crippen MR) is 61.3 cm³/mol. The van der Waals surface area contributed by atoms with Crippen LogP contribution in [0.3, 0.4) is 0 Å². The average Bonchev–Trinajstić information content (AvgIpc) is 2.26. The van der Waals surface area contributed by atoms with E-state index in [0.29, 0.717) is 0 Å². The second kappa shape index (κ2) is 11.2. The normalized spacial score (nSPS) is 3.73. The smallest absolute Gasteiger partial charge is 0.0184 e. The van der Waals surface area contributed by atoms with Gasteiger partial charge < -0.3 is 0 Å². The van der Waals surface area contributed by atoms with Crippen molar-refractivity contribution in [2.24, 2.45) is 0 Å². The molecule has 0 aliphatic rings. The summed E-state index contributed by atoms with van der Waals surface area (Å²) in [5, 5.41) is 2.09. The van der Waals surface area contributed by atoms with Crippen molar-refractivity contribution in [3.8, 4) is 82.8 Å². The minimum absolute atomic E-state index is 2.09. The molecule has 0 atom stereocenters. The molecule has 0 aliphatic heterocycles. The van der Waals surface area contributed by atoms with Gasteiger partial charge in [-0.1, -0.05) is 0 Å². The molecule has 0 amide bonds. The van der Waals surface area contributed by atoms with Crippen molar-refractivity contribution in [2.45, 2.75) is 0 Å². The van der Waals surface area contributed by atoms with E-state index in [4.69, 9.17) is 18.0 Å². The first-order valence-corrected chi connectivity index (χ1v) is 3.86. The lowest BCUT2D eigenvalue weighted by atomic mass is 10.5. The van der Waals surface area contributed by atoms with Crippen molar-refractivity contribution >= 4 is 11.6 Å². The van der Waals surface area contributed by atoms with Crippen LogP contribution in [-0.2, 0) is 0 Å². The predicted octanol–water partition coefficient (Wildman–Crippen LogP) is 0.836. The summed E-state index contributed by atoms with van der Waals surface area (Å²) >= 11 is 5.04. The fraction of sp³-hybridized carbons (Fsp3) is 0. The molecule has 15 heavy (non-hydrogen) atoms. The fourth-order valence-corrected chi connectivity index (χ4v) is 0.388. The second-order valence-corrected chi connectivity index (χ2v) is 1.80. The van der Waals surface area contributed by atoms with Crippen molar-refractivity contribution in [1.82, 2.24) is 0 Å². The minimum atomic E-state index is 2.09. The molecule has 0 heterocycles. The van der Waals surface area contributed by atoms with Crippen LogP contribution in [0.25, 0.3) is 0 Å². The van der Waals surface area contributed by atoms with E-state index in [1.54, 1.807) is 0 Å². The zero-order valence-electron chi connectivity index (χ0n) is 7.46. The summed E-state index contributed by atoms with van der Waals surface area (Å²) in [5.41, 5.74) is 0. The third-order valence-electron chi connectivity index (χ3n) is 0.744. The van der Waals surface area contributed by atoms with E-state index in [0.717, 1.165) is 0 Å². The van der Waals surface area contributed by atoms with Crippen LogP contribution < -0.4 is 0 Å². The number of hydrogen-bond acceptors (Lipinski definition) is 0. The fourth-order valence-electron chi connectivity index (χ4n) is 0.341. The summed E-state index contributed by atoms with van der Waals surface area (Å²) < 4.78 is 0. The largest absolute Gasteiger partial charge is 0.106 e. The van der Waals surface area contributed by atoms with Gasteiger partial charge in [-0.05, 0) is 47.1 Å². The molecule has 0 unspecified atom stereocenters. The van der Waals surface area contributed by atoms with Gasteiger partial charge in [0.2, 0.25) is 0 Å². The third kappa shape index (κ3) is 11.2. The van der Waals surface area contributed by atoms with Gasteiger partial charge >= 0.3 is 0 Å². The zero-order valence-corrected chi connectivity index (χ0v) is 8.21. The highest BCUT2D eigenvalue weighted by molar-refractivity contribution is 6.30. The average molecular weight is 205 g/mol. The summed E-state index contributed by atoms with van der Waals surface area (Å²) in [6.45, 7) is 0. The first-order valence-electron chi connectivity index (χ1n) is 3.48. The van der Waals surface area contributed by atoms with Crippen LogP contribution in [0.15, 0.2) is 0 Å². The lowest BCUT2D eigenvalue weighted by Gasteiger charge is -1.55. The topological polar surface area (TPSA) is 0 Å². The number of hydrogen-bond donors (Lipinski definition) is 0. The molecule has 0 N–H and O–H groups in total. The molecule has 0 aromatic carbocycles. The number of halogens is 1. The zero-order chi connectivity index (χ0) is 11.2. The maximum absolute atomic E-state index is 5.04. The van der Waals surface area contributed by atoms with Crippen LogP contribution in [0.4, 0.5) is 0 Å². The van der Waals surface area contributed by atoms with E-state index in [9.17, 15) is 0 Å². The van der Waals surface area contributed by atoms with E-state index in [-0.39, 0.29) is 0 Å². The molecule has 0 saturated heterocycles. The third-order valence-corrected chi connectivity index (χ3v) is 0.839. The highest BCUT2D eigenvalue weighted by Gasteiger charge is 1.56. The molecule has 0 saturated carbocycles. The first-order chi connectivity index (χ1) is 7.41. The van der Waals surface area contributed by atoms with Gasteiger partial charge in [-0.2, -0.15) is 0 Å². The Morgan fingerprint density at radius 1 is 0.533 bits per heavy atom. The standard InChI is InChI=1S/C14HCl/c1-2-3-4-5-6-7-8-9-10-11-12-13-14-15/h1H. The molecule has 0 radical (unpaired) electrons. The summed E-state index contributed by atoms with van der Waals surface area (Å²) in [5.74, 6) is 28.6. The van der Waals surface area contributed by atoms with Crippen molar-refractivity contribution < 1.29 is 0 Å². The Kier molecular flexibility index (Phi) is 9.12. The molecule has 64 valence electrons. The van der Waals surface area contributed by atoms with Gasteiger partial charge in [0.05, 0.1) is 0 Å². The molecule has 1 heteroatoms. The maximum Gasteiger partial charge on any atom is 0.0184 e. The van der Waals surface area contributed by atoms with Crippen LogP contribution in [0.5, 0.6) is 0 Å². The monoisotopic (exact) mass is 204 g/mol. The van der Waals surface area contributed by atoms with Gasteiger partial charge in [0.15, 0.2) is 0 Å². The van der Waals surface area contributed by atoms with Gasteiger partial charge in [0.1, 0.15) is 0 Å². The molecule has 0 aromatic rings. The number of terminal acetylenes is 1. The van der Waals surface area contributed by atoms with Crippen LogP contribution in [-0.4, -0.2) is 0 Å². The van der Waals surface area contributed by atoms with Gasteiger partial charge in [-0.15, -0.1) is 6.42 Å². The summed E-state index contributed by atoms with van der Waals surface area (Å²) in [6, 6.07) is 0. The molecule has 0 nitrogen and oxygen atoms in total. The van der Waals surface area contributed by atoms with E-state index in [1.807, 2.05) is 0 Å². The second-order valence-electron chi connectivity index (χ2n) is 1.61. The summed E-state index contributed by atoms with van der Waals surface area (Å²) in [7, 11) is 0. The summed E-state index contributed by atoms with van der Waals surface area (Å²) in [6.07, 6.45) is 4.86. The highest BCUT2D eigenvalue weighted by atomic mass is 35.5. The molecule has 0 aromatic heterocycles. The Bertz CT molecular complexity index is 619. The summed E-state index contributed by atoms with van der Waals surface area (Å²) in [4.78, 5) is 0. The molecular weight excluding hydrogens is 204 g/mol. The lowest BCUT2D eigenvalue weighted by molar-refractivity contribution is 2.34. The van der Waals surface area contributed by atoms with Crippen LogP contribution in [0.2, 0.25) is 0 Å². The van der Waals surface area contributed by atoms with Gasteiger partial charge in [0, 0.05) is 40.9 Å². The van der Waals surface area contributed by atoms with E-state index >= 15 is 0 Å². The first kappa shape index (κ1) is 12.2. The van der Waals surface area contributed by atoms with Crippen molar-refractivity contribution in [1.29, 1.82) is 0 Å². The van der Waals surface area contributed by atoms with E-state index < -0.39 is 0 Å². The van der Waals surface area contributed by atoms with Crippen molar-refractivity contribution in [3.05, 3.63) is 0 Å². The van der Waals surface area contributed by atoms with E-state index in [2.05, 4.69) is 76.4 Å². The Hall–Kier alpha value is -2.79. The van der Waals surface area contributed by atoms with Gasteiger partial charge in [-0.25, -0.2) is 0 Å². The molecule has 0 bridgehead atoms. The quantitative estimate of drug-likeness (QED) is 0.513.